The minimum atomic E-state index is 1.08. The standard InChI is InChI=1S/C14H14N2/c1-3-7-13(8-4-1)15-11-12-16-14-9-5-2-6-10-14/h1-12,15-16H. The number of para-hydroxylation sites is 2. The molecule has 0 spiro atoms. The van der Waals surface area contributed by atoms with E-state index in [9.17, 15) is 0 Å². The highest BCUT2D eigenvalue weighted by atomic mass is 14.9. The minimum absolute atomic E-state index is 1.08. The fourth-order valence-electron chi connectivity index (χ4n) is 1.34. The molecule has 2 rings (SSSR count). The number of anilines is 2. The summed E-state index contributed by atoms with van der Waals surface area (Å²) in [6.45, 7) is 0. The zero-order valence-electron chi connectivity index (χ0n) is 8.93. The third-order valence-corrected chi connectivity index (χ3v) is 2.13. The molecule has 2 heteroatoms. The summed E-state index contributed by atoms with van der Waals surface area (Å²) in [5.41, 5.74) is 2.15. The maximum Gasteiger partial charge on any atom is 0.0380 e. The van der Waals surface area contributed by atoms with Crippen molar-refractivity contribution in [3.05, 3.63) is 73.1 Å². The van der Waals surface area contributed by atoms with Gasteiger partial charge in [0, 0.05) is 23.8 Å². The maximum absolute atomic E-state index is 3.17. The van der Waals surface area contributed by atoms with E-state index in [1.165, 1.54) is 0 Å². The molecule has 0 radical (unpaired) electrons. The van der Waals surface area contributed by atoms with Crippen LogP contribution in [0, 0.1) is 0 Å². The van der Waals surface area contributed by atoms with E-state index in [4.69, 9.17) is 0 Å². The molecule has 2 nitrogen and oxygen atoms in total. The van der Waals surface area contributed by atoms with E-state index in [0.29, 0.717) is 0 Å². The molecule has 16 heavy (non-hydrogen) atoms. The van der Waals surface area contributed by atoms with Gasteiger partial charge >= 0.3 is 0 Å². The van der Waals surface area contributed by atoms with Crippen LogP contribution in [0.25, 0.3) is 0 Å². The van der Waals surface area contributed by atoms with Gasteiger partial charge in [0.05, 0.1) is 0 Å². The fraction of sp³-hybridized carbons (Fsp3) is 0. The molecule has 80 valence electrons. The van der Waals surface area contributed by atoms with Crippen LogP contribution in [-0.4, -0.2) is 0 Å². The molecule has 0 aromatic heterocycles. The Kier molecular flexibility index (Phi) is 3.61. The minimum Gasteiger partial charge on any atom is -0.360 e. The molecule has 0 saturated carbocycles. The molecule has 0 bridgehead atoms. The highest BCUT2D eigenvalue weighted by Gasteiger charge is 1.84. The molecule has 2 aromatic carbocycles. The Hall–Kier alpha value is -2.22. The van der Waals surface area contributed by atoms with Crippen molar-refractivity contribution in [1.29, 1.82) is 0 Å². The smallest absolute Gasteiger partial charge is 0.0380 e. The molecule has 0 aliphatic carbocycles. The highest BCUT2D eigenvalue weighted by Crippen LogP contribution is 2.06. The first kappa shape index (κ1) is 10.3. The second-order valence-corrected chi connectivity index (χ2v) is 3.35. The number of nitrogens with one attached hydrogen (secondary N) is 2. The van der Waals surface area contributed by atoms with E-state index in [0.717, 1.165) is 11.4 Å². The molecule has 0 amide bonds. The molecular weight excluding hydrogens is 196 g/mol. The van der Waals surface area contributed by atoms with Gasteiger partial charge in [-0.1, -0.05) is 36.4 Å². The van der Waals surface area contributed by atoms with E-state index in [1.54, 1.807) is 0 Å². The summed E-state index contributed by atoms with van der Waals surface area (Å²) in [5.74, 6) is 0. The predicted octanol–water partition coefficient (Wildman–Crippen LogP) is 3.68. The highest BCUT2D eigenvalue weighted by molar-refractivity contribution is 5.48. The van der Waals surface area contributed by atoms with E-state index in [2.05, 4.69) is 10.6 Å². The van der Waals surface area contributed by atoms with Crippen LogP contribution >= 0.6 is 0 Å². The quantitative estimate of drug-likeness (QED) is 0.804. The molecule has 0 unspecified atom stereocenters. The molecule has 0 aliphatic rings. The van der Waals surface area contributed by atoms with Gasteiger partial charge < -0.3 is 10.6 Å². The Morgan fingerprint density at radius 3 is 1.31 bits per heavy atom. The van der Waals surface area contributed by atoms with Crippen LogP contribution in [0.15, 0.2) is 73.1 Å². The summed E-state index contributed by atoms with van der Waals surface area (Å²) in [5, 5.41) is 6.34. The van der Waals surface area contributed by atoms with Crippen LogP contribution in [0.1, 0.15) is 0 Å². The number of benzene rings is 2. The van der Waals surface area contributed by atoms with Gasteiger partial charge in [-0.25, -0.2) is 0 Å². The molecular formula is C14H14N2. The number of rotatable bonds is 4. The number of hydrogen-bond donors (Lipinski definition) is 2. The summed E-state index contributed by atoms with van der Waals surface area (Å²) in [6.07, 6.45) is 3.75. The first-order valence-electron chi connectivity index (χ1n) is 5.23. The Bertz CT molecular complexity index is 391. The second kappa shape index (κ2) is 5.61. The lowest BCUT2D eigenvalue weighted by Gasteiger charge is -2.01. The second-order valence-electron chi connectivity index (χ2n) is 3.35. The lowest BCUT2D eigenvalue weighted by molar-refractivity contribution is 1.53. The van der Waals surface area contributed by atoms with E-state index >= 15 is 0 Å². The monoisotopic (exact) mass is 210 g/mol. The molecule has 2 N–H and O–H groups in total. The van der Waals surface area contributed by atoms with Gasteiger partial charge in [-0.2, -0.15) is 0 Å². The molecule has 0 aliphatic heterocycles. The maximum atomic E-state index is 3.17. The van der Waals surface area contributed by atoms with E-state index in [1.807, 2.05) is 73.1 Å². The third kappa shape index (κ3) is 3.17. The van der Waals surface area contributed by atoms with Gasteiger partial charge in [-0.05, 0) is 24.3 Å². The van der Waals surface area contributed by atoms with E-state index in [-0.39, 0.29) is 0 Å². The molecule has 0 fully saturated rings. The summed E-state index contributed by atoms with van der Waals surface area (Å²) in [7, 11) is 0. The molecule has 0 atom stereocenters. The first-order chi connectivity index (χ1) is 7.95. The topological polar surface area (TPSA) is 24.1 Å². The molecule has 0 heterocycles. The Balaban J connectivity index is 1.83. The first-order valence-corrected chi connectivity index (χ1v) is 5.23. The zero-order chi connectivity index (χ0) is 11.1. The average Bonchev–Trinajstić information content (AvgIpc) is 2.37. The molecule has 2 aromatic rings. The average molecular weight is 210 g/mol. The summed E-state index contributed by atoms with van der Waals surface area (Å²) in [6, 6.07) is 20.1. The zero-order valence-corrected chi connectivity index (χ0v) is 8.93. The van der Waals surface area contributed by atoms with Gasteiger partial charge in [0.15, 0.2) is 0 Å². The summed E-state index contributed by atoms with van der Waals surface area (Å²) < 4.78 is 0. The van der Waals surface area contributed by atoms with Crippen LogP contribution < -0.4 is 10.6 Å². The lowest BCUT2D eigenvalue weighted by atomic mass is 10.3. The van der Waals surface area contributed by atoms with Crippen molar-refractivity contribution in [2.75, 3.05) is 10.6 Å². The van der Waals surface area contributed by atoms with Gasteiger partial charge in [0.1, 0.15) is 0 Å². The van der Waals surface area contributed by atoms with E-state index < -0.39 is 0 Å². The van der Waals surface area contributed by atoms with Crippen LogP contribution in [0.4, 0.5) is 11.4 Å². The van der Waals surface area contributed by atoms with Gasteiger partial charge in [-0.15, -0.1) is 0 Å². The normalized spacial score (nSPS) is 10.2. The largest absolute Gasteiger partial charge is 0.360 e. The lowest BCUT2D eigenvalue weighted by Crippen LogP contribution is -1.91. The van der Waals surface area contributed by atoms with Crippen molar-refractivity contribution in [1.82, 2.24) is 0 Å². The Labute approximate surface area is 95.6 Å². The summed E-state index contributed by atoms with van der Waals surface area (Å²) >= 11 is 0. The van der Waals surface area contributed by atoms with Crippen molar-refractivity contribution < 1.29 is 0 Å². The van der Waals surface area contributed by atoms with Crippen LogP contribution in [-0.2, 0) is 0 Å². The van der Waals surface area contributed by atoms with Crippen molar-refractivity contribution in [2.24, 2.45) is 0 Å². The third-order valence-electron chi connectivity index (χ3n) is 2.13. The van der Waals surface area contributed by atoms with Gasteiger partial charge in [0.2, 0.25) is 0 Å². The Morgan fingerprint density at radius 1 is 0.562 bits per heavy atom. The SMILES string of the molecule is C(=CNc1ccccc1)Nc1ccccc1. The predicted molar refractivity (Wildman–Crippen MR) is 69.3 cm³/mol. The van der Waals surface area contributed by atoms with Crippen LogP contribution in [0.2, 0.25) is 0 Å². The summed E-state index contributed by atoms with van der Waals surface area (Å²) in [4.78, 5) is 0. The van der Waals surface area contributed by atoms with Crippen LogP contribution in [0.5, 0.6) is 0 Å². The van der Waals surface area contributed by atoms with Crippen molar-refractivity contribution in [3.8, 4) is 0 Å². The molecule has 0 saturated heterocycles. The van der Waals surface area contributed by atoms with Crippen molar-refractivity contribution in [2.45, 2.75) is 0 Å². The fourth-order valence-corrected chi connectivity index (χ4v) is 1.34. The van der Waals surface area contributed by atoms with Crippen LogP contribution in [0.3, 0.4) is 0 Å². The number of hydrogen-bond acceptors (Lipinski definition) is 2. The Morgan fingerprint density at radius 2 is 0.938 bits per heavy atom. The van der Waals surface area contributed by atoms with Gasteiger partial charge in [0.25, 0.3) is 0 Å². The van der Waals surface area contributed by atoms with Crippen molar-refractivity contribution in [3.63, 3.8) is 0 Å². The van der Waals surface area contributed by atoms with Gasteiger partial charge in [-0.3, -0.25) is 0 Å². The van der Waals surface area contributed by atoms with Crippen molar-refractivity contribution >= 4 is 11.4 Å².